The van der Waals surface area contributed by atoms with Gasteiger partial charge in [0, 0.05) is 5.56 Å². The molecule has 2 aromatic rings. The van der Waals surface area contributed by atoms with E-state index in [1.165, 1.54) is 23.1 Å². The van der Waals surface area contributed by atoms with Gasteiger partial charge in [-0.2, -0.15) is 8.78 Å². The molecule has 4 N–H and O–H groups in total. The van der Waals surface area contributed by atoms with Gasteiger partial charge in [-0.1, -0.05) is 0 Å². The molecule has 0 aromatic heterocycles. The Morgan fingerprint density at radius 1 is 1.13 bits per heavy atom. The van der Waals surface area contributed by atoms with Crippen LogP contribution in [-0.2, 0) is 37.9 Å². The fourth-order valence-electron chi connectivity index (χ4n) is 4.28. The minimum atomic E-state index is -5.46. The minimum absolute atomic E-state index is 0.00236. The summed E-state index contributed by atoms with van der Waals surface area (Å²) in [4.78, 5) is 80.6. The summed E-state index contributed by atoms with van der Waals surface area (Å²) in [5.74, 6) is -8.26. The first-order valence-corrected chi connectivity index (χ1v) is 14.1. The third-order valence-electron chi connectivity index (χ3n) is 6.30. The van der Waals surface area contributed by atoms with E-state index in [0.717, 1.165) is 24.3 Å². The molecule has 1 atom stereocenters. The van der Waals surface area contributed by atoms with Crippen molar-refractivity contribution in [2.24, 2.45) is 0 Å². The molecule has 4 rings (SSSR count). The molecule has 1 fully saturated rings. The van der Waals surface area contributed by atoms with E-state index in [2.05, 4.69) is 9.84 Å². The molecule has 0 bridgehead atoms. The number of carbonyl (C=O) groups excluding carboxylic acids is 4. The molecule has 2 aliphatic rings. The molecule has 15 heteroatoms. The molecule has 0 aliphatic carbocycles. The number of nitrogens with zero attached hydrogens (tertiary/aromatic N) is 2. The standard InChI is InChI=1S/C24H25F3N3O8P/c1-39(35,36,37)38-13-30-20(31)9-8-19(22(30)33)29-12-15-10-14(2-7-18(15)21(29)32)11-28-23(34)24(26,27)16-3-5-17(25)6-4-16/h2-7,10,19,35-37H,8-9,11-13H2,1H3,(H,28,34). The zero-order valence-electron chi connectivity index (χ0n) is 20.5. The van der Waals surface area contributed by atoms with E-state index in [1.54, 1.807) is 0 Å². The number of rotatable bonds is 8. The van der Waals surface area contributed by atoms with Crippen molar-refractivity contribution in [2.45, 2.75) is 37.9 Å². The number of fused-ring (bicyclic) bond motifs is 1. The Kier molecular flexibility index (Phi) is 7.30. The molecule has 39 heavy (non-hydrogen) atoms. The van der Waals surface area contributed by atoms with E-state index >= 15 is 0 Å². The van der Waals surface area contributed by atoms with Crippen LogP contribution in [-0.4, -0.2) is 67.5 Å². The first-order chi connectivity index (χ1) is 18.0. The summed E-state index contributed by atoms with van der Waals surface area (Å²) >= 11 is 0. The number of amides is 4. The van der Waals surface area contributed by atoms with Crippen molar-refractivity contribution < 1.29 is 51.6 Å². The number of alkyl halides is 2. The van der Waals surface area contributed by atoms with Gasteiger partial charge in [0.05, 0.1) is 0 Å². The molecule has 11 nitrogen and oxygen atoms in total. The van der Waals surface area contributed by atoms with Crippen molar-refractivity contribution in [3.8, 4) is 0 Å². The zero-order valence-corrected chi connectivity index (χ0v) is 21.4. The van der Waals surface area contributed by atoms with Crippen LogP contribution in [0.4, 0.5) is 13.2 Å². The molecule has 1 unspecified atom stereocenters. The fourth-order valence-corrected chi connectivity index (χ4v) is 4.67. The average molecular weight is 571 g/mol. The normalized spacial score (nSPS) is 19.1. The number of likely N-dealkylation sites (tertiary alicyclic amines) is 1. The molecule has 2 aromatic carbocycles. The second kappa shape index (κ2) is 9.96. The Morgan fingerprint density at radius 3 is 2.44 bits per heavy atom. The van der Waals surface area contributed by atoms with Crippen LogP contribution < -0.4 is 5.32 Å². The fraction of sp³-hybridized carbons (Fsp3) is 0.333. The maximum atomic E-state index is 14.5. The Morgan fingerprint density at radius 2 is 1.79 bits per heavy atom. The number of carbonyl (C=O) groups is 4. The van der Waals surface area contributed by atoms with Crippen LogP contribution >= 0.6 is 7.51 Å². The van der Waals surface area contributed by atoms with E-state index in [0.29, 0.717) is 22.7 Å². The Hall–Kier alpha value is -3.42. The van der Waals surface area contributed by atoms with Crippen LogP contribution in [0, 0.1) is 5.82 Å². The second-order valence-corrected chi connectivity index (χ2v) is 12.3. The predicted octanol–water partition coefficient (Wildman–Crippen LogP) is 1.50. The first kappa shape index (κ1) is 28.6. The van der Waals surface area contributed by atoms with Crippen LogP contribution in [0.2, 0.25) is 0 Å². The van der Waals surface area contributed by atoms with E-state index < -0.39 is 61.2 Å². The molecule has 210 valence electrons. The second-order valence-electron chi connectivity index (χ2n) is 9.46. The third-order valence-corrected chi connectivity index (χ3v) is 7.02. The maximum absolute atomic E-state index is 14.5. The molecule has 0 radical (unpaired) electrons. The summed E-state index contributed by atoms with van der Waals surface area (Å²) in [5, 5.41) is 2.12. The molecule has 2 heterocycles. The van der Waals surface area contributed by atoms with Gasteiger partial charge in [0.25, 0.3) is 5.91 Å². The van der Waals surface area contributed by atoms with Gasteiger partial charge in [0.1, 0.15) is 5.82 Å². The number of hydrogen-bond acceptors (Lipinski definition) is 8. The number of hydrogen-bond donors (Lipinski definition) is 4. The van der Waals surface area contributed by atoms with Crippen LogP contribution in [0.5, 0.6) is 0 Å². The number of nitrogens with one attached hydrogen (secondary N) is 1. The van der Waals surface area contributed by atoms with Gasteiger partial charge >= 0.3 is 160 Å². The van der Waals surface area contributed by atoms with Gasteiger partial charge in [0.15, 0.2) is 0 Å². The van der Waals surface area contributed by atoms with Crippen molar-refractivity contribution in [2.75, 3.05) is 13.4 Å². The van der Waals surface area contributed by atoms with E-state index in [-0.39, 0.29) is 31.5 Å². The van der Waals surface area contributed by atoms with Gasteiger partial charge in [-0.3, -0.25) is 4.79 Å². The first-order valence-electron chi connectivity index (χ1n) is 11.6. The average Bonchev–Trinajstić information content (AvgIpc) is 3.17. The number of halogens is 3. The van der Waals surface area contributed by atoms with Crippen molar-refractivity contribution in [1.29, 1.82) is 0 Å². The number of piperidine rings is 1. The molecule has 0 spiro atoms. The molecular formula is C24H25F3N3O8P. The van der Waals surface area contributed by atoms with Gasteiger partial charge < -0.3 is 0 Å². The summed E-state index contributed by atoms with van der Waals surface area (Å²) in [5.41, 5.74) is 0.429. The predicted molar refractivity (Wildman–Crippen MR) is 129 cm³/mol. The topological polar surface area (TPSA) is 157 Å². The van der Waals surface area contributed by atoms with Gasteiger partial charge in [-0.05, 0) is 24.3 Å². The summed E-state index contributed by atoms with van der Waals surface area (Å²) in [6, 6.07) is 6.59. The Balaban J connectivity index is 1.43. The van der Waals surface area contributed by atoms with Crippen LogP contribution in [0.15, 0.2) is 42.5 Å². The molecule has 1 saturated heterocycles. The summed E-state index contributed by atoms with van der Waals surface area (Å²) in [6.45, 7) is -0.653. The van der Waals surface area contributed by atoms with Gasteiger partial charge in [0.2, 0.25) is 0 Å². The van der Waals surface area contributed by atoms with E-state index in [1.807, 2.05) is 0 Å². The van der Waals surface area contributed by atoms with Crippen molar-refractivity contribution in [1.82, 2.24) is 15.1 Å². The summed E-state index contributed by atoms with van der Waals surface area (Å²) in [6.07, 6.45) is -0.149. The Labute approximate surface area is 220 Å². The SMILES string of the molecule is CP(O)(O)(O)OCN1C(=O)CCC(N2Cc3cc(CNC(=O)C(F)(F)c4ccc(F)cc4)ccc3C2=O)C1=O. The number of imide groups is 1. The van der Waals surface area contributed by atoms with Crippen LogP contribution in [0.25, 0.3) is 0 Å². The summed E-state index contributed by atoms with van der Waals surface area (Å²) in [7, 11) is -5.46. The van der Waals surface area contributed by atoms with Crippen molar-refractivity contribution in [3.63, 3.8) is 0 Å². The van der Waals surface area contributed by atoms with Crippen LogP contribution in [0.3, 0.4) is 0 Å². The Bertz CT molecular complexity index is 1340. The molecule has 0 saturated carbocycles. The quantitative estimate of drug-likeness (QED) is 0.274. The van der Waals surface area contributed by atoms with Gasteiger partial charge in [-0.15, -0.1) is 0 Å². The van der Waals surface area contributed by atoms with Crippen molar-refractivity contribution >= 4 is 31.1 Å². The van der Waals surface area contributed by atoms with Gasteiger partial charge in [-0.25, -0.2) is 4.39 Å². The summed E-state index contributed by atoms with van der Waals surface area (Å²) < 4.78 is 46.5. The van der Waals surface area contributed by atoms with E-state index in [9.17, 15) is 47.0 Å². The molecule has 2 aliphatic heterocycles. The monoisotopic (exact) mass is 571 g/mol. The van der Waals surface area contributed by atoms with E-state index in [4.69, 9.17) is 0 Å². The molecular weight excluding hydrogens is 546 g/mol. The van der Waals surface area contributed by atoms with Crippen molar-refractivity contribution in [3.05, 3.63) is 70.5 Å². The number of benzene rings is 2. The van der Waals surface area contributed by atoms with Crippen LogP contribution in [0.1, 0.15) is 39.9 Å². The third kappa shape index (κ3) is 6.26. The molecule has 4 amide bonds. The zero-order chi connectivity index (χ0) is 28.8.